The number of benzene rings is 2. The summed E-state index contributed by atoms with van der Waals surface area (Å²) in [6, 6.07) is 14.1. The summed E-state index contributed by atoms with van der Waals surface area (Å²) in [7, 11) is -2.21. The Bertz CT molecular complexity index is 1140. The molecule has 1 aromatic heterocycles. The predicted octanol–water partition coefficient (Wildman–Crippen LogP) is 2.14. The van der Waals surface area contributed by atoms with Gasteiger partial charge < -0.3 is 14.6 Å². The molecule has 0 aliphatic carbocycles. The molecular weight excluding hydrogens is 408 g/mol. The highest BCUT2D eigenvalue weighted by Crippen LogP contribution is 2.23. The number of ether oxygens (including phenoxy) is 1. The van der Waals surface area contributed by atoms with E-state index in [1.54, 1.807) is 24.3 Å². The van der Waals surface area contributed by atoms with Crippen LogP contribution in [0.2, 0.25) is 0 Å². The van der Waals surface area contributed by atoms with Crippen molar-refractivity contribution in [2.24, 2.45) is 0 Å². The smallest absolute Gasteiger partial charge is 0.246 e. The number of aryl methyl sites for hydroxylation is 1. The second-order valence-electron chi connectivity index (χ2n) is 6.63. The minimum absolute atomic E-state index is 0.0205. The van der Waals surface area contributed by atoms with Crippen LogP contribution in [-0.2, 0) is 21.4 Å². The number of sulfonamides is 1. The van der Waals surface area contributed by atoms with Crippen LogP contribution < -0.4 is 14.4 Å². The lowest BCUT2D eigenvalue weighted by molar-refractivity contribution is -0.119. The van der Waals surface area contributed by atoms with Crippen molar-refractivity contribution in [2.75, 3.05) is 24.2 Å². The summed E-state index contributed by atoms with van der Waals surface area (Å²) < 4.78 is 35.7. The molecule has 2 aromatic carbocycles. The molecule has 0 radical (unpaired) electrons. The quantitative estimate of drug-likeness (QED) is 0.582. The molecular formula is C20H22N4O5S. The topological polar surface area (TPSA) is 115 Å². The molecule has 1 heterocycles. The van der Waals surface area contributed by atoms with Crippen LogP contribution in [-0.4, -0.2) is 44.4 Å². The average Bonchev–Trinajstić information content (AvgIpc) is 3.19. The molecule has 0 atom stereocenters. The Morgan fingerprint density at radius 3 is 2.67 bits per heavy atom. The fourth-order valence-electron chi connectivity index (χ4n) is 2.75. The van der Waals surface area contributed by atoms with Gasteiger partial charge in [-0.3, -0.25) is 9.10 Å². The van der Waals surface area contributed by atoms with Gasteiger partial charge in [0.1, 0.15) is 12.3 Å². The van der Waals surface area contributed by atoms with E-state index >= 15 is 0 Å². The maximum Gasteiger partial charge on any atom is 0.246 e. The van der Waals surface area contributed by atoms with Crippen molar-refractivity contribution >= 4 is 21.6 Å². The van der Waals surface area contributed by atoms with Crippen LogP contribution in [0.1, 0.15) is 11.5 Å². The largest absolute Gasteiger partial charge is 0.497 e. The number of rotatable bonds is 8. The Balaban J connectivity index is 1.66. The summed E-state index contributed by atoms with van der Waals surface area (Å²) in [6.07, 6.45) is 1.03. The molecule has 1 amide bonds. The standard InChI is InChI=1S/C20H22N4O5S/c1-14-6-4-7-15(10-14)20-22-19(29-23-20)12-21-18(25)13-24(30(3,26)27)16-8-5-9-17(11-16)28-2/h4-11H,12-13H2,1-3H3,(H,21,25). The number of carbonyl (C=O) groups excluding carboxylic acids is 1. The minimum atomic E-state index is -3.69. The molecule has 1 N–H and O–H groups in total. The van der Waals surface area contributed by atoms with Gasteiger partial charge in [0.05, 0.1) is 25.6 Å². The van der Waals surface area contributed by atoms with Gasteiger partial charge in [0.2, 0.25) is 27.6 Å². The van der Waals surface area contributed by atoms with E-state index in [0.29, 0.717) is 17.3 Å². The highest BCUT2D eigenvalue weighted by molar-refractivity contribution is 7.92. The lowest BCUT2D eigenvalue weighted by Crippen LogP contribution is -2.40. The van der Waals surface area contributed by atoms with Gasteiger partial charge in [-0.05, 0) is 25.1 Å². The third-order valence-corrected chi connectivity index (χ3v) is 5.35. The number of methoxy groups -OCH3 is 1. The van der Waals surface area contributed by atoms with E-state index in [2.05, 4.69) is 15.5 Å². The zero-order valence-electron chi connectivity index (χ0n) is 16.8. The van der Waals surface area contributed by atoms with Crippen LogP contribution in [0.3, 0.4) is 0 Å². The van der Waals surface area contributed by atoms with Crippen LogP contribution in [0.25, 0.3) is 11.4 Å². The van der Waals surface area contributed by atoms with Crippen molar-refractivity contribution in [1.82, 2.24) is 15.5 Å². The summed E-state index contributed by atoms with van der Waals surface area (Å²) in [5.74, 6) is 0.596. The first kappa shape index (κ1) is 21.3. The maximum atomic E-state index is 12.4. The molecule has 0 saturated heterocycles. The maximum absolute atomic E-state index is 12.4. The first-order chi connectivity index (χ1) is 14.3. The normalized spacial score (nSPS) is 11.2. The lowest BCUT2D eigenvalue weighted by atomic mass is 10.1. The summed E-state index contributed by atoms with van der Waals surface area (Å²) in [4.78, 5) is 16.6. The Kier molecular flexibility index (Phi) is 6.36. The van der Waals surface area contributed by atoms with Crippen molar-refractivity contribution in [3.63, 3.8) is 0 Å². The highest BCUT2D eigenvalue weighted by atomic mass is 32.2. The van der Waals surface area contributed by atoms with E-state index in [9.17, 15) is 13.2 Å². The highest BCUT2D eigenvalue weighted by Gasteiger charge is 2.21. The molecule has 0 spiro atoms. The Labute approximate surface area is 174 Å². The molecule has 3 aromatic rings. The van der Waals surface area contributed by atoms with Gasteiger partial charge in [-0.2, -0.15) is 4.98 Å². The molecule has 0 aliphatic rings. The Morgan fingerprint density at radius 2 is 1.97 bits per heavy atom. The molecule has 3 rings (SSSR count). The van der Waals surface area contributed by atoms with Crippen molar-refractivity contribution in [1.29, 1.82) is 0 Å². The zero-order chi connectivity index (χ0) is 21.7. The van der Waals surface area contributed by atoms with Crippen molar-refractivity contribution in [3.8, 4) is 17.1 Å². The number of nitrogens with zero attached hydrogens (tertiary/aromatic N) is 3. The third kappa shape index (κ3) is 5.35. The van der Waals surface area contributed by atoms with Gasteiger partial charge in [0.25, 0.3) is 0 Å². The Hall–Kier alpha value is -3.40. The molecule has 0 bridgehead atoms. The van der Waals surface area contributed by atoms with Gasteiger partial charge in [0.15, 0.2) is 0 Å². The molecule has 9 nitrogen and oxygen atoms in total. The second kappa shape index (κ2) is 8.95. The number of hydrogen-bond donors (Lipinski definition) is 1. The fraction of sp³-hybridized carbons (Fsp3) is 0.250. The van der Waals surface area contributed by atoms with Crippen LogP contribution in [0.15, 0.2) is 53.1 Å². The molecule has 30 heavy (non-hydrogen) atoms. The van der Waals surface area contributed by atoms with Crippen molar-refractivity contribution in [3.05, 3.63) is 60.0 Å². The fourth-order valence-corrected chi connectivity index (χ4v) is 3.60. The average molecular weight is 430 g/mol. The molecule has 158 valence electrons. The molecule has 0 aliphatic heterocycles. The number of anilines is 1. The number of carbonyl (C=O) groups is 1. The first-order valence-corrected chi connectivity index (χ1v) is 10.9. The number of hydrogen-bond acceptors (Lipinski definition) is 7. The summed E-state index contributed by atoms with van der Waals surface area (Å²) in [5.41, 5.74) is 2.19. The van der Waals surface area contributed by atoms with Gasteiger partial charge in [0, 0.05) is 11.6 Å². The molecule has 10 heteroatoms. The van der Waals surface area contributed by atoms with Crippen molar-refractivity contribution < 1.29 is 22.5 Å². The summed E-state index contributed by atoms with van der Waals surface area (Å²) >= 11 is 0. The van der Waals surface area contributed by atoms with E-state index in [0.717, 1.165) is 21.7 Å². The first-order valence-electron chi connectivity index (χ1n) is 9.04. The zero-order valence-corrected chi connectivity index (χ0v) is 17.6. The molecule has 0 unspecified atom stereocenters. The summed E-state index contributed by atoms with van der Waals surface area (Å²) in [6.45, 7) is 1.54. The molecule has 0 fully saturated rings. The predicted molar refractivity (Wildman–Crippen MR) is 112 cm³/mol. The van der Waals surface area contributed by atoms with E-state index in [1.165, 1.54) is 7.11 Å². The van der Waals surface area contributed by atoms with Crippen LogP contribution in [0.5, 0.6) is 5.75 Å². The van der Waals surface area contributed by atoms with Crippen LogP contribution in [0, 0.1) is 6.92 Å². The van der Waals surface area contributed by atoms with E-state index in [4.69, 9.17) is 9.26 Å². The number of nitrogens with one attached hydrogen (secondary N) is 1. The van der Waals surface area contributed by atoms with E-state index in [-0.39, 0.29) is 12.4 Å². The third-order valence-electron chi connectivity index (χ3n) is 4.21. The lowest BCUT2D eigenvalue weighted by Gasteiger charge is -2.22. The SMILES string of the molecule is COc1cccc(N(CC(=O)NCc2nc(-c3cccc(C)c3)no2)S(C)(=O)=O)c1. The van der Waals surface area contributed by atoms with Crippen molar-refractivity contribution in [2.45, 2.75) is 13.5 Å². The monoisotopic (exact) mass is 430 g/mol. The second-order valence-corrected chi connectivity index (χ2v) is 8.54. The van der Waals surface area contributed by atoms with Gasteiger partial charge >= 0.3 is 0 Å². The van der Waals surface area contributed by atoms with Gasteiger partial charge in [-0.15, -0.1) is 0 Å². The van der Waals surface area contributed by atoms with Gasteiger partial charge in [-0.1, -0.05) is 35.0 Å². The number of amides is 1. The van der Waals surface area contributed by atoms with Crippen LogP contribution in [0.4, 0.5) is 5.69 Å². The number of aromatic nitrogens is 2. The van der Waals surface area contributed by atoms with Gasteiger partial charge in [-0.25, -0.2) is 8.42 Å². The summed E-state index contributed by atoms with van der Waals surface area (Å²) in [5, 5.41) is 6.52. The van der Waals surface area contributed by atoms with Crippen LogP contribution >= 0.6 is 0 Å². The minimum Gasteiger partial charge on any atom is -0.497 e. The molecule has 0 saturated carbocycles. The van der Waals surface area contributed by atoms with E-state index < -0.39 is 22.5 Å². The Morgan fingerprint density at radius 1 is 1.20 bits per heavy atom. The van der Waals surface area contributed by atoms with E-state index in [1.807, 2.05) is 31.2 Å².